The molecule has 2 aliphatic heterocycles. The molecule has 0 bridgehead atoms. The summed E-state index contributed by atoms with van der Waals surface area (Å²) in [7, 11) is 0. The number of amides is 3. The van der Waals surface area contributed by atoms with Gasteiger partial charge in [-0.2, -0.15) is 0 Å². The number of para-hydroxylation sites is 1. The number of hydrogen-bond acceptors (Lipinski definition) is 3. The molecule has 2 heterocycles. The minimum absolute atomic E-state index is 0.0723. The second-order valence-electron chi connectivity index (χ2n) is 7.71. The fraction of sp³-hybridized carbons (Fsp3) is 0.600. The van der Waals surface area contributed by atoms with Crippen molar-refractivity contribution in [3.63, 3.8) is 0 Å². The van der Waals surface area contributed by atoms with E-state index in [9.17, 15) is 9.59 Å². The highest BCUT2D eigenvalue weighted by molar-refractivity contribution is 5.84. The van der Waals surface area contributed by atoms with Crippen molar-refractivity contribution in [2.75, 3.05) is 19.6 Å². The van der Waals surface area contributed by atoms with Crippen molar-refractivity contribution in [2.24, 2.45) is 0 Å². The molecular formula is C20H27N3O3. The van der Waals surface area contributed by atoms with E-state index < -0.39 is 0 Å². The fourth-order valence-electron chi connectivity index (χ4n) is 4.47. The van der Waals surface area contributed by atoms with Gasteiger partial charge in [-0.15, -0.1) is 0 Å². The van der Waals surface area contributed by atoms with Gasteiger partial charge in [0.2, 0.25) is 5.91 Å². The lowest BCUT2D eigenvalue weighted by Gasteiger charge is -2.45. The Hall–Kier alpha value is -2.24. The smallest absolute Gasteiger partial charge is 0.318 e. The van der Waals surface area contributed by atoms with Gasteiger partial charge in [-0.1, -0.05) is 24.6 Å². The van der Waals surface area contributed by atoms with Gasteiger partial charge in [-0.3, -0.25) is 4.79 Å². The summed E-state index contributed by atoms with van der Waals surface area (Å²) in [5.41, 5.74) is 0.872. The molecule has 2 fully saturated rings. The molecule has 140 valence electrons. The Morgan fingerprint density at radius 3 is 2.85 bits per heavy atom. The highest BCUT2D eigenvalue weighted by atomic mass is 16.5. The van der Waals surface area contributed by atoms with Crippen molar-refractivity contribution in [3.8, 4) is 5.75 Å². The highest BCUT2D eigenvalue weighted by Crippen LogP contribution is 2.46. The first-order valence-electron chi connectivity index (χ1n) is 9.75. The van der Waals surface area contributed by atoms with E-state index in [0.717, 1.165) is 37.0 Å². The Labute approximate surface area is 154 Å². The van der Waals surface area contributed by atoms with E-state index in [1.165, 1.54) is 19.3 Å². The molecule has 0 unspecified atom stereocenters. The quantitative estimate of drug-likeness (QED) is 0.812. The summed E-state index contributed by atoms with van der Waals surface area (Å²) < 4.78 is 6.43. The molecule has 0 radical (unpaired) electrons. The molecule has 4 rings (SSSR count). The summed E-state index contributed by atoms with van der Waals surface area (Å²) in [5.74, 6) is 0.799. The predicted molar refractivity (Wildman–Crippen MR) is 98.0 cm³/mol. The lowest BCUT2D eigenvalue weighted by molar-refractivity contribution is -0.121. The molecule has 1 saturated carbocycles. The third-order valence-electron chi connectivity index (χ3n) is 5.81. The van der Waals surface area contributed by atoms with Gasteiger partial charge < -0.3 is 20.3 Å². The highest BCUT2D eigenvalue weighted by Gasteiger charge is 2.42. The van der Waals surface area contributed by atoms with Gasteiger partial charge in [-0.25, -0.2) is 4.79 Å². The second kappa shape index (κ2) is 7.17. The summed E-state index contributed by atoms with van der Waals surface area (Å²) in [6.07, 6.45) is 7.28. The van der Waals surface area contributed by atoms with E-state index in [4.69, 9.17) is 4.74 Å². The molecule has 26 heavy (non-hydrogen) atoms. The molecule has 3 aliphatic rings. The molecule has 1 aromatic rings. The molecule has 1 spiro atoms. The van der Waals surface area contributed by atoms with Gasteiger partial charge in [0.05, 0.1) is 6.04 Å². The minimum atomic E-state index is -0.166. The summed E-state index contributed by atoms with van der Waals surface area (Å²) in [4.78, 5) is 26.2. The lowest BCUT2D eigenvalue weighted by atomic mass is 9.77. The Balaban J connectivity index is 1.54. The Morgan fingerprint density at radius 1 is 1.19 bits per heavy atom. The number of benzene rings is 1. The van der Waals surface area contributed by atoms with Crippen LogP contribution >= 0.6 is 0 Å². The van der Waals surface area contributed by atoms with Crippen molar-refractivity contribution in [1.82, 2.24) is 15.5 Å². The van der Waals surface area contributed by atoms with Crippen molar-refractivity contribution in [3.05, 3.63) is 29.8 Å². The number of fused-ring (bicyclic) bond motifs is 1. The summed E-state index contributed by atoms with van der Waals surface area (Å²) in [5, 5.41) is 6.01. The van der Waals surface area contributed by atoms with Crippen LogP contribution in [0.3, 0.4) is 0 Å². The maximum Gasteiger partial charge on any atom is 0.318 e. The number of urea groups is 1. The Kier molecular flexibility index (Phi) is 4.74. The predicted octanol–water partition coefficient (Wildman–Crippen LogP) is 2.74. The Morgan fingerprint density at radius 2 is 2.00 bits per heavy atom. The van der Waals surface area contributed by atoms with Crippen molar-refractivity contribution in [1.29, 1.82) is 0 Å². The standard InChI is InChI=1S/C20H27N3O3/c24-18-14-23(12-6-11-21-18)19(25)22-16-13-20(9-4-1-5-10-20)26-17-8-3-2-7-15(16)17/h2-3,7-8,16H,1,4-6,9-14H2,(H,21,24)(H,22,25)/t16-/m0/s1. The van der Waals surface area contributed by atoms with Gasteiger partial charge in [0.15, 0.2) is 0 Å². The van der Waals surface area contributed by atoms with Crippen LogP contribution in [0.4, 0.5) is 4.79 Å². The van der Waals surface area contributed by atoms with E-state index in [-0.39, 0.29) is 30.1 Å². The molecule has 3 amide bonds. The topological polar surface area (TPSA) is 70.7 Å². The van der Waals surface area contributed by atoms with Gasteiger partial charge in [0.1, 0.15) is 17.9 Å². The first-order valence-corrected chi connectivity index (χ1v) is 9.75. The summed E-state index contributed by atoms with van der Waals surface area (Å²) >= 11 is 0. The van der Waals surface area contributed by atoms with Gasteiger partial charge in [-0.05, 0) is 38.2 Å². The molecule has 1 saturated heterocycles. The number of nitrogens with one attached hydrogen (secondary N) is 2. The monoisotopic (exact) mass is 357 g/mol. The van der Waals surface area contributed by atoms with Crippen LogP contribution in [0.25, 0.3) is 0 Å². The van der Waals surface area contributed by atoms with Crippen molar-refractivity contribution < 1.29 is 14.3 Å². The lowest BCUT2D eigenvalue weighted by Crippen LogP contribution is -2.50. The third kappa shape index (κ3) is 3.50. The number of ether oxygens (including phenoxy) is 1. The largest absolute Gasteiger partial charge is 0.487 e. The van der Waals surface area contributed by atoms with Crippen LogP contribution in [-0.4, -0.2) is 42.1 Å². The van der Waals surface area contributed by atoms with E-state index >= 15 is 0 Å². The van der Waals surface area contributed by atoms with Crippen LogP contribution < -0.4 is 15.4 Å². The normalized spacial score (nSPS) is 24.8. The average molecular weight is 357 g/mol. The number of carbonyl (C=O) groups excluding carboxylic acids is 2. The molecule has 1 atom stereocenters. The average Bonchev–Trinajstić information content (AvgIpc) is 2.87. The summed E-state index contributed by atoms with van der Waals surface area (Å²) in [6, 6.07) is 7.78. The molecule has 2 N–H and O–H groups in total. The van der Waals surface area contributed by atoms with Crippen molar-refractivity contribution in [2.45, 2.75) is 56.6 Å². The van der Waals surface area contributed by atoms with Crippen LogP contribution in [0.2, 0.25) is 0 Å². The van der Waals surface area contributed by atoms with E-state index in [2.05, 4.69) is 10.6 Å². The number of nitrogens with zero attached hydrogens (tertiary/aromatic N) is 1. The molecule has 6 heteroatoms. The van der Waals surface area contributed by atoms with Crippen LogP contribution in [0, 0.1) is 0 Å². The maximum absolute atomic E-state index is 12.8. The fourth-order valence-corrected chi connectivity index (χ4v) is 4.47. The zero-order valence-corrected chi connectivity index (χ0v) is 15.1. The second-order valence-corrected chi connectivity index (χ2v) is 7.71. The summed E-state index contributed by atoms with van der Waals surface area (Å²) in [6.45, 7) is 1.36. The first kappa shape index (κ1) is 17.2. The van der Waals surface area contributed by atoms with Crippen LogP contribution in [0.1, 0.15) is 56.6 Å². The van der Waals surface area contributed by atoms with Gasteiger partial charge in [0, 0.05) is 25.1 Å². The zero-order valence-electron chi connectivity index (χ0n) is 15.1. The number of hydrogen-bond donors (Lipinski definition) is 2. The SMILES string of the molecule is O=C1CN(C(=O)N[C@H]2CC3(CCCCC3)Oc3ccccc32)CCCN1. The van der Waals surface area contributed by atoms with E-state index in [1.807, 2.05) is 24.3 Å². The number of carbonyl (C=O) groups is 2. The Bertz CT molecular complexity index is 685. The van der Waals surface area contributed by atoms with Crippen LogP contribution in [-0.2, 0) is 4.79 Å². The van der Waals surface area contributed by atoms with Gasteiger partial charge in [0.25, 0.3) is 0 Å². The molecule has 1 aromatic carbocycles. The molecule has 1 aliphatic carbocycles. The third-order valence-corrected chi connectivity index (χ3v) is 5.81. The van der Waals surface area contributed by atoms with Crippen molar-refractivity contribution >= 4 is 11.9 Å². The van der Waals surface area contributed by atoms with E-state index in [0.29, 0.717) is 13.1 Å². The molecule has 6 nitrogen and oxygen atoms in total. The molecule has 0 aromatic heterocycles. The van der Waals surface area contributed by atoms with E-state index in [1.54, 1.807) is 4.90 Å². The minimum Gasteiger partial charge on any atom is -0.487 e. The first-order chi connectivity index (χ1) is 12.7. The van der Waals surface area contributed by atoms with Gasteiger partial charge >= 0.3 is 6.03 Å². The maximum atomic E-state index is 12.8. The zero-order chi connectivity index (χ0) is 18.0. The number of rotatable bonds is 1. The van der Waals surface area contributed by atoms with Crippen LogP contribution in [0.5, 0.6) is 5.75 Å². The molecular weight excluding hydrogens is 330 g/mol. The van der Waals surface area contributed by atoms with Crippen LogP contribution in [0.15, 0.2) is 24.3 Å².